The van der Waals surface area contributed by atoms with Gasteiger partial charge < -0.3 is 20.5 Å². The number of benzene rings is 2. The van der Waals surface area contributed by atoms with Crippen molar-refractivity contribution >= 4 is 11.8 Å². The molecule has 2 amide bonds. The van der Waals surface area contributed by atoms with Gasteiger partial charge in [0, 0.05) is 25.2 Å². The zero-order chi connectivity index (χ0) is 16.8. The Morgan fingerprint density at radius 1 is 1.09 bits per heavy atom. The van der Waals surface area contributed by atoms with Crippen LogP contribution in [0.15, 0.2) is 42.5 Å². The predicted octanol–water partition coefficient (Wildman–Crippen LogP) is 1.69. The molecule has 0 aromatic heterocycles. The average Bonchev–Trinajstić information content (AvgIpc) is 2.59. The normalized spacial score (nSPS) is 10.0. The third kappa shape index (κ3) is 4.00. The molecule has 6 nitrogen and oxygen atoms in total. The molecule has 0 unspecified atom stereocenters. The molecule has 0 radical (unpaired) electrons. The van der Waals surface area contributed by atoms with Crippen LogP contribution < -0.4 is 15.4 Å². The van der Waals surface area contributed by atoms with Gasteiger partial charge in [-0.25, -0.2) is 0 Å². The third-order valence-electron chi connectivity index (χ3n) is 3.35. The van der Waals surface area contributed by atoms with E-state index >= 15 is 0 Å². The summed E-state index contributed by atoms with van der Waals surface area (Å²) >= 11 is 0. The van der Waals surface area contributed by atoms with Gasteiger partial charge >= 0.3 is 0 Å². The minimum Gasteiger partial charge on any atom is -0.507 e. The number of ether oxygens (including phenoxy) is 1. The van der Waals surface area contributed by atoms with Crippen molar-refractivity contribution in [3.63, 3.8) is 0 Å². The van der Waals surface area contributed by atoms with Crippen LogP contribution in [-0.2, 0) is 6.54 Å². The number of aromatic hydroxyl groups is 1. The second kappa shape index (κ2) is 7.31. The first kappa shape index (κ1) is 16.4. The number of methoxy groups -OCH3 is 1. The van der Waals surface area contributed by atoms with E-state index in [9.17, 15) is 14.7 Å². The van der Waals surface area contributed by atoms with Gasteiger partial charge in [0.25, 0.3) is 11.8 Å². The largest absolute Gasteiger partial charge is 0.507 e. The molecule has 0 atom stereocenters. The summed E-state index contributed by atoms with van der Waals surface area (Å²) in [5.41, 5.74) is 1.57. The molecule has 2 aromatic rings. The minimum absolute atomic E-state index is 0.142. The van der Waals surface area contributed by atoms with Crippen LogP contribution >= 0.6 is 0 Å². The monoisotopic (exact) mass is 314 g/mol. The van der Waals surface area contributed by atoms with Gasteiger partial charge in [0.15, 0.2) is 0 Å². The second-order valence-electron chi connectivity index (χ2n) is 4.84. The van der Waals surface area contributed by atoms with Crippen molar-refractivity contribution in [3.05, 3.63) is 59.2 Å². The van der Waals surface area contributed by atoms with Crippen molar-refractivity contribution in [1.82, 2.24) is 10.6 Å². The molecule has 0 spiro atoms. The molecule has 0 aliphatic carbocycles. The number of carbonyl (C=O) groups excluding carboxylic acids is 2. The lowest BCUT2D eigenvalue weighted by molar-refractivity contribution is 0.0943. The van der Waals surface area contributed by atoms with E-state index in [1.807, 2.05) is 0 Å². The molecule has 0 heterocycles. The van der Waals surface area contributed by atoms with E-state index in [0.29, 0.717) is 17.9 Å². The maximum atomic E-state index is 12.1. The van der Waals surface area contributed by atoms with E-state index in [1.165, 1.54) is 19.2 Å². The Hall–Kier alpha value is -3.02. The first-order chi connectivity index (χ1) is 11.0. The van der Waals surface area contributed by atoms with Crippen molar-refractivity contribution in [2.24, 2.45) is 0 Å². The van der Waals surface area contributed by atoms with Crippen LogP contribution in [0.2, 0.25) is 0 Å². The molecule has 0 aliphatic heterocycles. The standard InChI is InChI=1S/C17H18N2O4/c1-18-16(21)12-5-3-11(4-6-12)10-19-17(22)14-8-7-13(23-2)9-15(14)20/h3-9,20H,10H2,1-2H3,(H,18,21)(H,19,22). The predicted molar refractivity (Wildman–Crippen MR) is 85.7 cm³/mol. The lowest BCUT2D eigenvalue weighted by Crippen LogP contribution is -2.23. The van der Waals surface area contributed by atoms with E-state index in [1.54, 1.807) is 37.4 Å². The quantitative estimate of drug-likeness (QED) is 0.784. The van der Waals surface area contributed by atoms with E-state index < -0.39 is 0 Å². The fourth-order valence-electron chi connectivity index (χ4n) is 2.03. The second-order valence-corrected chi connectivity index (χ2v) is 4.84. The van der Waals surface area contributed by atoms with E-state index in [0.717, 1.165) is 5.56 Å². The fraction of sp³-hybridized carbons (Fsp3) is 0.176. The number of hydrogen-bond acceptors (Lipinski definition) is 4. The van der Waals surface area contributed by atoms with Gasteiger partial charge in [-0.15, -0.1) is 0 Å². The smallest absolute Gasteiger partial charge is 0.255 e. The summed E-state index contributed by atoms with van der Waals surface area (Å²) in [5.74, 6) is -0.218. The molecule has 2 aromatic carbocycles. The molecule has 6 heteroatoms. The van der Waals surface area contributed by atoms with Crippen molar-refractivity contribution in [2.75, 3.05) is 14.2 Å². The van der Waals surface area contributed by atoms with Gasteiger partial charge in [0.2, 0.25) is 0 Å². The first-order valence-corrected chi connectivity index (χ1v) is 7.01. The summed E-state index contributed by atoms with van der Waals surface area (Å²) < 4.78 is 4.97. The highest BCUT2D eigenvalue weighted by atomic mass is 16.5. The van der Waals surface area contributed by atoms with Crippen LogP contribution in [-0.4, -0.2) is 31.1 Å². The van der Waals surface area contributed by atoms with E-state index in [2.05, 4.69) is 10.6 Å². The Morgan fingerprint density at radius 3 is 2.35 bits per heavy atom. The molecule has 2 rings (SSSR count). The van der Waals surface area contributed by atoms with Crippen LogP contribution in [0.4, 0.5) is 0 Å². The van der Waals surface area contributed by atoms with Gasteiger partial charge in [-0.1, -0.05) is 12.1 Å². The van der Waals surface area contributed by atoms with Crippen LogP contribution in [0.5, 0.6) is 11.5 Å². The number of rotatable bonds is 5. The highest BCUT2D eigenvalue weighted by Crippen LogP contribution is 2.23. The van der Waals surface area contributed by atoms with Crippen molar-refractivity contribution in [1.29, 1.82) is 0 Å². The van der Waals surface area contributed by atoms with Crippen molar-refractivity contribution < 1.29 is 19.4 Å². The number of hydrogen-bond donors (Lipinski definition) is 3. The number of phenolic OH excluding ortho intramolecular Hbond substituents is 1. The maximum Gasteiger partial charge on any atom is 0.255 e. The van der Waals surface area contributed by atoms with Gasteiger partial charge in [-0.05, 0) is 29.8 Å². The van der Waals surface area contributed by atoms with E-state index in [4.69, 9.17) is 4.74 Å². The molecular formula is C17H18N2O4. The first-order valence-electron chi connectivity index (χ1n) is 7.01. The average molecular weight is 314 g/mol. The molecule has 0 aliphatic rings. The molecule has 0 saturated carbocycles. The number of amides is 2. The van der Waals surface area contributed by atoms with E-state index in [-0.39, 0.29) is 23.1 Å². The van der Waals surface area contributed by atoms with Crippen LogP contribution in [0, 0.1) is 0 Å². The molecule has 0 saturated heterocycles. The van der Waals surface area contributed by atoms with Gasteiger partial charge in [0.05, 0.1) is 12.7 Å². The maximum absolute atomic E-state index is 12.1. The SMILES string of the molecule is CNC(=O)c1ccc(CNC(=O)c2ccc(OC)cc2O)cc1. The highest BCUT2D eigenvalue weighted by Gasteiger charge is 2.11. The lowest BCUT2D eigenvalue weighted by atomic mass is 10.1. The minimum atomic E-state index is -0.388. The Kier molecular flexibility index (Phi) is 5.19. The number of phenols is 1. The van der Waals surface area contributed by atoms with Gasteiger partial charge in [-0.2, -0.15) is 0 Å². The molecule has 0 bridgehead atoms. The summed E-state index contributed by atoms with van der Waals surface area (Å²) in [6.07, 6.45) is 0. The molecule has 0 fully saturated rings. The zero-order valence-corrected chi connectivity index (χ0v) is 12.9. The molecule has 23 heavy (non-hydrogen) atoms. The fourth-order valence-corrected chi connectivity index (χ4v) is 2.03. The topological polar surface area (TPSA) is 87.7 Å². The zero-order valence-electron chi connectivity index (χ0n) is 12.9. The Labute approximate surface area is 134 Å². The Bertz CT molecular complexity index is 711. The lowest BCUT2D eigenvalue weighted by Gasteiger charge is -2.09. The highest BCUT2D eigenvalue weighted by molar-refractivity contribution is 5.97. The molecular weight excluding hydrogens is 296 g/mol. The Morgan fingerprint density at radius 2 is 1.78 bits per heavy atom. The molecule has 3 N–H and O–H groups in total. The Balaban J connectivity index is 2.00. The number of nitrogens with one attached hydrogen (secondary N) is 2. The summed E-state index contributed by atoms with van der Waals surface area (Å²) in [4.78, 5) is 23.5. The summed E-state index contributed by atoms with van der Waals surface area (Å²) in [5, 5.41) is 15.1. The van der Waals surface area contributed by atoms with Crippen LogP contribution in [0.1, 0.15) is 26.3 Å². The third-order valence-corrected chi connectivity index (χ3v) is 3.35. The summed E-state index contributed by atoms with van der Waals surface area (Å²) in [7, 11) is 3.05. The summed E-state index contributed by atoms with van der Waals surface area (Å²) in [6, 6.07) is 11.4. The van der Waals surface area contributed by atoms with Crippen LogP contribution in [0.25, 0.3) is 0 Å². The summed E-state index contributed by atoms with van der Waals surface area (Å²) in [6.45, 7) is 0.290. The van der Waals surface area contributed by atoms with Crippen molar-refractivity contribution in [2.45, 2.75) is 6.54 Å². The van der Waals surface area contributed by atoms with Crippen molar-refractivity contribution in [3.8, 4) is 11.5 Å². The van der Waals surface area contributed by atoms with Gasteiger partial charge in [0.1, 0.15) is 11.5 Å². The van der Waals surface area contributed by atoms with Crippen LogP contribution in [0.3, 0.4) is 0 Å². The number of carbonyl (C=O) groups is 2. The molecule has 120 valence electrons. The van der Waals surface area contributed by atoms with Gasteiger partial charge in [-0.3, -0.25) is 9.59 Å².